The van der Waals surface area contributed by atoms with Gasteiger partial charge in [0, 0.05) is 12.2 Å². The number of hydrogen-bond acceptors (Lipinski definition) is 2. The van der Waals surface area contributed by atoms with Crippen LogP contribution in [0.2, 0.25) is 0 Å². The van der Waals surface area contributed by atoms with E-state index in [2.05, 4.69) is 12.2 Å². The zero-order valence-electron chi connectivity index (χ0n) is 16.6. The highest BCUT2D eigenvalue weighted by molar-refractivity contribution is 5.65. The smallest absolute Gasteiger partial charge is 0.144 e. The average molecular weight is 338 g/mol. The third-order valence-corrected chi connectivity index (χ3v) is 4.75. The predicted molar refractivity (Wildman–Crippen MR) is 107 cm³/mol. The summed E-state index contributed by atoms with van der Waals surface area (Å²) in [7, 11) is 0. The van der Waals surface area contributed by atoms with Crippen LogP contribution in [0.1, 0.15) is 117 Å². The highest BCUT2D eigenvalue weighted by Gasteiger charge is 1.95. The van der Waals surface area contributed by atoms with E-state index < -0.39 is 0 Å². The molecule has 1 N–H and O–H groups in total. The summed E-state index contributed by atoms with van der Waals surface area (Å²) in [5.74, 6) is 0. The molecule has 0 saturated carbocycles. The number of unbranched alkanes of at least 4 members (excludes halogenated alkanes) is 15. The fraction of sp³-hybridized carbons (Fsp3) is 0.864. The van der Waals surface area contributed by atoms with Crippen LogP contribution >= 0.6 is 0 Å². The molecule has 24 heavy (non-hydrogen) atoms. The summed E-state index contributed by atoms with van der Waals surface area (Å²) < 4.78 is 0. The number of nitrogens with one attached hydrogen (secondary N) is 1. The minimum atomic E-state index is 0.843. The Morgan fingerprint density at radius 2 is 1.04 bits per heavy atom. The van der Waals surface area contributed by atoms with Gasteiger partial charge >= 0.3 is 0 Å². The SMILES string of the molecule is CCCCCCCCCCCCCCCCCCNC(C)=CC=O. The number of rotatable bonds is 19. The van der Waals surface area contributed by atoms with E-state index in [4.69, 9.17) is 0 Å². The molecule has 0 aromatic heterocycles. The maximum absolute atomic E-state index is 10.3. The summed E-state index contributed by atoms with van der Waals surface area (Å²) >= 11 is 0. The van der Waals surface area contributed by atoms with Crippen molar-refractivity contribution in [3.05, 3.63) is 11.8 Å². The van der Waals surface area contributed by atoms with Crippen LogP contribution in [0.15, 0.2) is 11.8 Å². The van der Waals surface area contributed by atoms with Gasteiger partial charge in [-0.15, -0.1) is 0 Å². The molecule has 0 aliphatic heterocycles. The Morgan fingerprint density at radius 1 is 0.667 bits per heavy atom. The molecule has 0 atom stereocenters. The van der Waals surface area contributed by atoms with Gasteiger partial charge < -0.3 is 5.32 Å². The monoisotopic (exact) mass is 337 g/mol. The number of hydrogen-bond donors (Lipinski definition) is 1. The van der Waals surface area contributed by atoms with Crippen molar-refractivity contribution in [2.45, 2.75) is 117 Å². The molecule has 0 heterocycles. The molecule has 0 radical (unpaired) electrons. The van der Waals surface area contributed by atoms with Gasteiger partial charge in [0.25, 0.3) is 0 Å². The molecule has 0 unspecified atom stereocenters. The van der Waals surface area contributed by atoms with Gasteiger partial charge in [0.1, 0.15) is 6.29 Å². The predicted octanol–water partition coefficient (Wildman–Crippen LogP) is 6.94. The molecule has 2 nitrogen and oxygen atoms in total. The molecule has 142 valence electrons. The number of aldehydes is 1. The van der Waals surface area contributed by atoms with Gasteiger partial charge in [-0.2, -0.15) is 0 Å². The summed E-state index contributed by atoms with van der Waals surface area (Å²) in [4.78, 5) is 10.3. The normalized spacial score (nSPS) is 11.7. The molecule has 0 aliphatic rings. The number of carbonyl (C=O) groups excluding carboxylic acids is 1. The van der Waals surface area contributed by atoms with Crippen LogP contribution in [0, 0.1) is 0 Å². The van der Waals surface area contributed by atoms with E-state index in [1.165, 1.54) is 103 Å². The van der Waals surface area contributed by atoms with Crippen LogP contribution in [0.4, 0.5) is 0 Å². The van der Waals surface area contributed by atoms with Crippen molar-refractivity contribution in [1.29, 1.82) is 0 Å². The molecule has 0 amide bonds. The van der Waals surface area contributed by atoms with Gasteiger partial charge in [0.05, 0.1) is 0 Å². The first kappa shape index (κ1) is 23.2. The summed E-state index contributed by atoms with van der Waals surface area (Å²) in [5.41, 5.74) is 0.978. The van der Waals surface area contributed by atoms with Gasteiger partial charge in [-0.25, -0.2) is 0 Å². The van der Waals surface area contributed by atoms with Gasteiger partial charge in [-0.1, -0.05) is 103 Å². The van der Waals surface area contributed by atoms with Crippen molar-refractivity contribution < 1.29 is 4.79 Å². The van der Waals surface area contributed by atoms with Gasteiger partial charge in [0.2, 0.25) is 0 Å². The minimum Gasteiger partial charge on any atom is -0.388 e. The number of allylic oxidation sites excluding steroid dienone is 2. The fourth-order valence-electron chi connectivity index (χ4n) is 3.12. The van der Waals surface area contributed by atoms with Crippen molar-refractivity contribution >= 4 is 6.29 Å². The van der Waals surface area contributed by atoms with E-state index in [0.29, 0.717) is 0 Å². The number of carbonyl (C=O) groups is 1. The molecule has 0 aliphatic carbocycles. The molecule has 2 heteroatoms. The third-order valence-electron chi connectivity index (χ3n) is 4.75. The maximum atomic E-state index is 10.3. The molecule has 0 spiro atoms. The van der Waals surface area contributed by atoms with Crippen LogP contribution in [-0.4, -0.2) is 12.8 Å². The average Bonchev–Trinajstić information content (AvgIpc) is 2.58. The summed E-state index contributed by atoms with van der Waals surface area (Å²) in [6.45, 7) is 5.23. The van der Waals surface area contributed by atoms with Crippen LogP contribution < -0.4 is 5.32 Å². The Morgan fingerprint density at radius 3 is 1.42 bits per heavy atom. The Labute approximate surface area is 151 Å². The first-order valence-corrected chi connectivity index (χ1v) is 10.7. The largest absolute Gasteiger partial charge is 0.388 e. The zero-order valence-corrected chi connectivity index (χ0v) is 16.6. The Kier molecular flexibility index (Phi) is 19.6. The first-order valence-electron chi connectivity index (χ1n) is 10.7. The van der Waals surface area contributed by atoms with E-state index in [1.807, 2.05) is 6.92 Å². The molecule has 0 fully saturated rings. The molecule has 0 rings (SSSR count). The second-order valence-electron chi connectivity index (χ2n) is 7.22. The van der Waals surface area contributed by atoms with Crippen molar-refractivity contribution in [3.8, 4) is 0 Å². The van der Waals surface area contributed by atoms with Gasteiger partial charge in [0.15, 0.2) is 0 Å². The van der Waals surface area contributed by atoms with Gasteiger partial charge in [-0.3, -0.25) is 4.79 Å². The van der Waals surface area contributed by atoms with E-state index >= 15 is 0 Å². The molecule has 0 saturated heterocycles. The highest BCUT2D eigenvalue weighted by Crippen LogP contribution is 2.13. The minimum absolute atomic E-state index is 0.843. The van der Waals surface area contributed by atoms with Crippen LogP contribution in [0.3, 0.4) is 0 Å². The van der Waals surface area contributed by atoms with Crippen molar-refractivity contribution in [2.75, 3.05) is 6.54 Å². The van der Waals surface area contributed by atoms with E-state index in [1.54, 1.807) is 6.08 Å². The van der Waals surface area contributed by atoms with Crippen LogP contribution in [0.5, 0.6) is 0 Å². The lowest BCUT2D eigenvalue weighted by Crippen LogP contribution is -2.12. The lowest BCUT2D eigenvalue weighted by atomic mass is 10.0. The Hall–Kier alpha value is -0.790. The topological polar surface area (TPSA) is 29.1 Å². The first-order chi connectivity index (χ1) is 11.8. The fourth-order valence-corrected chi connectivity index (χ4v) is 3.12. The van der Waals surface area contributed by atoms with Crippen LogP contribution in [-0.2, 0) is 4.79 Å². The summed E-state index contributed by atoms with van der Waals surface area (Å²) in [6.07, 6.45) is 24.9. The highest BCUT2D eigenvalue weighted by atomic mass is 16.1. The van der Waals surface area contributed by atoms with E-state index in [9.17, 15) is 4.79 Å². The molecular weight excluding hydrogens is 294 g/mol. The Bertz CT molecular complexity index is 286. The standard InChI is InChI=1S/C22H43NO/c1-3-4-5-6-7-8-9-10-11-12-13-14-15-16-17-18-20-23-22(2)19-21-24/h19,21,23H,3-18,20H2,1-2H3. The van der Waals surface area contributed by atoms with E-state index in [0.717, 1.165) is 18.5 Å². The zero-order chi connectivity index (χ0) is 17.7. The van der Waals surface area contributed by atoms with Crippen molar-refractivity contribution in [3.63, 3.8) is 0 Å². The Balaban J connectivity index is 3.05. The second-order valence-corrected chi connectivity index (χ2v) is 7.22. The van der Waals surface area contributed by atoms with Gasteiger partial charge in [-0.05, 0) is 19.4 Å². The second kappa shape index (κ2) is 20.3. The molecule has 0 aromatic carbocycles. The van der Waals surface area contributed by atoms with Crippen LogP contribution in [0.25, 0.3) is 0 Å². The van der Waals surface area contributed by atoms with Crippen molar-refractivity contribution in [1.82, 2.24) is 5.32 Å². The quantitative estimate of drug-likeness (QED) is 0.157. The molecule has 0 aromatic rings. The molecule has 0 bridgehead atoms. The lowest BCUT2D eigenvalue weighted by molar-refractivity contribution is -0.104. The molecular formula is C22H43NO. The van der Waals surface area contributed by atoms with Crippen molar-refractivity contribution in [2.24, 2.45) is 0 Å². The summed E-state index contributed by atoms with van der Waals surface area (Å²) in [5, 5.41) is 3.26. The third kappa shape index (κ3) is 19.3. The lowest BCUT2D eigenvalue weighted by Gasteiger charge is -2.05. The summed E-state index contributed by atoms with van der Waals surface area (Å²) in [6, 6.07) is 0. The maximum Gasteiger partial charge on any atom is 0.144 e. The van der Waals surface area contributed by atoms with E-state index in [-0.39, 0.29) is 0 Å².